The fraction of sp³-hybridized carbons (Fsp3) is 0.400. The van der Waals surface area contributed by atoms with Crippen LogP contribution in [0.2, 0.25) is 5.02 Å². The van der Waals surface area contributed by atoms with Crippen LogP contribution in [-0.4, -0.2) is 16.1 Å². The van der Waals surface area contributed by atoms with E-state index in [-0.39, 0.29) is 6.04 Å². The standard InChI is InChI=1S/C15H19BrClN3/c1-12(14-5-4-13(16)10-15(14)17)19-6-2-3-8-20-9-7-18-11-20/h4-5,7,9-12,19H,2-3,6,8H2,1H3. The lowest BCUT2D eigenvalue weighted by Crippen LogP contribution is -2.20. The molecule has 0 saturated carbocycles. The van der Waals surface area contributed by atoms with Gasteiger partial charge >= 0.3 is 0 Å². The summed E-state index contributed by atoms with van der Waals surface area (Å²) in [5.41, 5.74) is 1.14. The Morgan fingerprint density at radius 1 is 1.40 bits per heavy atom. The molecule has 0 radical (unpaired) electrons. The maximum absolute atomic E-state index is 6.25. The monoisotopic (exact) mass is 355 g/mol. The van der Waals surface area contributed by atoms with E-state index in [1.54, 1.807) is 0 Å². The molecule has 1 aromatic carbocycles. The first kappa shape index (κ1) is 15.5. The number of nitrogens with one attached hydrogen (secondary N) is 1. The number of halogens is 2. The summed E-state index contributed by atoms with van der Waals surface area (Å²) in [5, 5.41) is 4.32. The van der Waals surface area contributed by atoms with E-state index in [1.807, 2.05) is 30.9 Å². The van der Waals surface area contributed by atoms with E-state index in [4.69, 9.17) is 11.6 Å². The molecule has 5 heteroatoms. The molecule has 1 aromatic heterocycles. The molecule has 2 aromatic rings. The Labute approximate surface area is 133 Å². The third-order valence-electron chi connectivity index (χ3n) is 3.28. The number of aryl methyl sites for hydroxylation is 1. The lowest BCUT2D eigenvalue weighted by Gasteiger charge is -2.16. The van der Waals surface area contributed by atoms with Crippen molar-refractivity contribution >= 4 is 27.5 Å². The average molecular weight is 357 g/mol. The highest BCUT2D eigenvalue weighted by molar-refractivity contribution is 9.10. The van der Waals surface area contributed by atoms with Crippen molar-refractivity contribution in [1.29, 1.82) is 0 Å². The average Bonchev–Trinajstić information content (AvgIpc) is 2.91. The van der Waals surface area contributed by atoms with Gasteiger partial charge in [-0.2, -0.15) is 0 Å². The first-order valence-electron chi connectivity index (χ1n) is 6.81. The zero-order valence-electron chi connectivity index (χ0n) is 11.5. The summed E-state index contributed by atoms with van der Waals surface area (Å²) in [6, 6.07) is 6.30. The number of hydrogen-bond acceptors (Lipinski definition) is 2. The molecule has 0 bridgehead atoms. The molecule has 1 N–H and O–H groups in total. The first-order valence-corrected chi connectivity index (χ1v) is 7.98. The Morgan fingerprint density at radius 3 is 2.95 bits per heavy atom. The van der Waals surface area contributed by atoms with Crippen LogP contribution in [0.5, 0.6) is 0 Å². The summed E-state index contributed by atoms with van der Waals surface area (Å²) in [6.07, 6.45) is 7.95. The summed E-state index contributed by atoms with van der Waals surface area (Å²) >= 11 is 9.68. The zero-order chi connectivity index (χ0) is 14.4. The van der Waals surface area contributed by atoms with E-state index < -0.39 is 0 Å². The van der Waals surface area contributed by atoms with Gasteiger partial charge in [0.2, 0.25) is 0 Å². The van der Waals surface area contributed by atoms with Crippen molar-refractivity contribution < 1.29 is 0 Å². The highest BCUT2D eigenvalue weighted by atomic mass is 79.9. The van der Waals surface area contributed by atoms with E-state index in [0.29, 0.717) is 0 Å². The quantitative estimate of drug-likeness (QED) is 0.744. The molecule has 1 atom stereocenters. The van der Waals surface area contributed by atoms with Crippen molar-refractivity contribution in [2.24, 2.45) is 0 Å². The maximum atomic E-state index is 6.25. The van der Waals surface area contributed by atoms with Gasteiger partial charge in [-0.3, -0.25) is 0 Å². The second kappa shape index (κ2) is 7.81. The minimum Gasteiger partial charge on any atom is -0.337 e. The maximum Gasteiger partial charge on any atom is 0.0945 e. The predicted molar refractivity (Wildman–Crippen MR) is 87.0 cm³/mol. The molecule has 1 heterocycles. The van der Waals surface area contributed by atoms with Crippen LogP contribution in [0.25, 0.3) is 0 Å². The van der Waals surface area contributed by atoms with Crippen molar-refractivity contribution in [3.63, 3.8) is 0 Å². The molecule has 0 saturated heterocycles. The van der Waals surface area contributed by atoms with Gasteiger partial charge in [-0.1, -0.05) is 33.6 Å². The summed E-state index contributed by atoms with van der Waals surface area (Å²) in [7, 11) is 0. The minimum atomic E-state index is 0.267. The first-order chi connectivity index (χ1) is 9.66. The third-order valence-corrected chi connectivity index (χ3v) is 4.10. The molecule has 0 amide bonds. The Hall–Kier alpha value is -0.840. The van der Waals surface area contributed by atoms with E-state index >= 15 is 0 Å². The lowest BCUT2D eigenvalue weighted by atomic mass is 10.1. The molecule has 2 rings (SSSR count). The van der Waals surface area contributed by atoms with E-state index in [9.17, 15) is 0 Å². The number of unbranched alkanes of at least 4 members (excludes halogenated alkanes) is 1. The molecule has 0 fully saturated rings. The van der Waals surface area contributed by atoms with Crippen molar-refractivity contribution in [1.82, 2.24) is 14.9 Å². The van der Waals surface area contributed by atoms with Gasteiger partial charge in [0.15, 0.2) is 0 Å². The van der Waals surface area contributed by atoms with Gasteiger partial charge in [-0.15, -0.1) is 0 Å². The van der Waals surface area contributed by atoms with Crippen LogP contribution in [0, 0.1) is 0 Å². The van der Waals surface area contributed by atoms with Crippen LogP contribution in [0.3, 0.4) is 0 Å². The lowest BCUT2D eigenvalue weighted by molar-refractivity contribution is 0.523. The zero-order valence-corrected chi connectivity index (χ0v) is 13.9. The van der Waals surface area contributed by atoms with Gasteiger partial charge in [-0.05, 0) is 44.0 Å². The van der Waals surface area contributed by atoms with Gasteiger partial charge in [0.25, 0.3) is 0 Å². The van der Waals surface area contributed by atoms with Gasteiger partial charge in [0, 0.05) is 34.5 Å². The predicted octanol–water partition coefficient (Wildman–Crippen LogP) is 4.43. The smallest absolute Gasteiger partial charge is 0.0945 e. The molecule has 3 nitrogen and oxygen atoms in total. The molecule has 0 aliphatic carbocycles. The summed E-state index contributed by atoms with van der Waals surface area (Å²) in [4.78, 5) is 4.03. The summed E-state index contributed by atoms with van der Waals surface area (Å²) in [6.45, 7) is 4.16. The molecular weight excluding hydrogens is 338 g/mol. The summed E-state index contributed by atoms with van der Waals surface area (Å²) in [5.74, 6) is 0. The second-order valence-corrected chi connectivity index (χ2v) is 6.17. The fourth-order valence-corrected chi connectivity index (χ4v) is 2.96. The van der Waals surface area contributed by atoms with E-state index in [2.05, 4.69) is 43.8 Å². The van der Waals surface area contributed by atoms with Crippen molar-refractivity contribution in [3.8, 4) is 0 Å². The highest BCUT2D eigenvalue weighted by Crippen LogP contribution is 2.26. The van der Waals surface area contributed by atoms with Gasteiger partial charge in [0.05, 0.1) is 6.33 Å². The number of aromatic nitrogens is 2. The van der Waals surface area contributed by atoms with Crippen LogP contribution in [0.4, 0.5) is 0 Å². The van der Waals surface area contributed by atoms with Gasteiger partial charge < -0.3 is 9.88 Å². The Balaban J connectivity index is 1.70. The number of hydrogen-bond donors (Lipinski definition) is 1. The highest BCUT2D eigenvalue weighted by Gasteiger charge is 2.08. The molecule has 0 aliphatic heterocycles. The van der Waals surface area contributed by atoms with Crippen molar-refractivity contribution in [2.45, 2.75) is 32.4 Å². The third kappa shape index (κ3) is 4.62. The fourth-order valence-electron chi connectivity index (χ4n) is 2.12. The number of benzene rings is 1. The molecular formula is C15H19BrClN3. The Bertz CT molecular complexity index is 528. The largest absolute Gasteiger partial charge is 0.337 e. The topological polar surface area (TPSA) is 29.9 Å². The number of nitrogens with zero attached hydrogens (tertiary/aromatic N) is 2. The van der Waals surface area contributed by atoms with E-state index in [1.165, 1.54) is 0 Å². The molecule has 108 valence electrons. The van der Waals surface area contributed by atoms with Crippen LogP contribution in [0.15, 0.2) is 41.4 Å². The normalized spacial score (nSPS) is 12.6. The molecule has 1 unspecified atom stereocenters. The summed E-state index contributed by atoms with van der Waals surface area (Å²) < 4.78 is 3.12. The van der Waals surface area contributed by atoms with Crippen molar-refractivity contribution in [3.05, 3.63) is 52.0 Å². The van der Waals surface area contributed by atoms with Gasteiger partial charge in [-0.25, -0.2) is 4.98 Å². The SMILES string of the molecule is CC(NCCCCn1ccnc1)c1ccc(Br)cc1Cl. The van der Waals surface area contributed by atoms with Crippen LogP contribution < -0.4 is 5.32 Å². The number of rotatable bonds is 7. The minimum absolute atomic E-state index is 0.267. The number of imidazole rings is 1. The molecule has 0 aliphatic rings. The Kier molecular flexibility index (Phi) is 6.07. The second-order valence-electron chi connectivity index (χ2n) is 4.85. The van der Waals surface area contributed by atoms with Crippen LogP contribution in [-0.2, 0) is 6.54 Å². The van der Waals surface area contributed by atoms with Crippen LogP contribution >= 0.6 is 27.5 Å². The van der Waals surface area contributed by atoms with Crippen LogP contribution in [0.1, 0.15) is 31.4 Å². The van der Waals surface area contributed by atoms with Gasteiger partial charge in [0.1, 0.15) is 0 Å². The van der Waals surface area contributed by atoms with E-state index in [0.717, 1.165) is 41.0 Å². The van der Waals surface area contributed by atoms with Crippen molar-refractivity contribution in [2.75, 3.05) is 6.54 Å². The Morgan fingerprint density at radius 2 is 2.25 bits per heavy atom. The molecule has 0 spiro atoms. The molecule has 20 heavy (non-hydrogen) atoms.